The van der Waals surface area contributed by atoms with Crippen molar-refractivity contribution >= 4 is 34.1 Å². The molecule has 2 heterocycles. The molecule has 2 N–H and O–H groups in total. The number of benzene rings is 2. The van der Waals surface area contributed by atoms with Crippen molar-refractivity contribution in [2.75, 3.05) is 43.4 Å². The van der Waals surface area contributed by atoms with E-state index in [4.69, 9.17) is 0 Å². The van der Waals surface area contributed by atoms with Gasteiger partial charge in [0.25, 0.3) is 5.91 Å². The Balaban J connectivity index is 1.24. The zero-order valence-electron chi connectivity index (χ0n) is 17.2. The zero-order valence-corrected chi connectivity index (χ0v) is 18.0. The van der Waals surface area contributed by atoms with Gasteiger partial charge in [-0.1, -0.05) is 48.5 Å². The number of rotatable bonds is 6. The molecule has 0 radical (unpaired) electrons. The summed E-state index contributed by atoms with van der Waals surface area (Å²) in [5.74, 6) is -0.0875. The van der Waals surface area contributed by atoms with Gasteiger partial charge in [0.1, 0.15) is 5.69 Å². The van der Waals surface area contributed by atoms with Gasteiger partial charge < -0.3 is 10.2 Å². The smallest absolute Gasteiger partial charge is 0.325 e. The lowest BCUT2D eigenvalue weighted by atomic mass is 10.1. The van der Waals surface area contributed by atoms with E-state index in [1.165, 1.54) is 16.9 Å². The second-order valence-corrected chi connectivity index (χ2v) is 8.21. The van der Waals surface area contributed by atoms with Gasteiger partial charge in [0, 0.05) is 43.8 Å². The molecule has 160 valence electrons. The van der Waals surface area contributed by atoms with E-state index in [1.807, 2.05) is 29.2 Å². The van der Waals surface area contributed by atoms with Gasteiger partial charge >= 0.3 is 6.03 Å². The van der Waals surface area contributed by atoms with Crippen LogP contribution in [0.5, 0.6) is 0 Å². The summed E-state index contributed by atoms with van der Waals surface area (Å²) in [7, 11) is 0. The summed E-state index contributed by atoms with van der Waals surface area (Å²) in [5, 5.41) is 7.52. The first-order valence-electron chi connectivity index (χ1n) is 10.3. The van der Waals surface area contributed by atoms with Crippen LogP contribution in [-0.2, 0) is 6.42 Å². The molecule has 1 fully saturated rings. The van der Waals surface area contributed by atoms with Crippen molar-refractivity contribution in [3.63, 3.8) is 0 Å². The van der Waals surface area contributed by atoms with Crippen LogP contribution in [0.15, 0.2) is 66.0 Å². The Morgan fingerprint density at radius 3 is 2.29 bits per heavy atom. The molecule has 31 heavy (non-hydrogen) atoms. The van der Waals surface area contributed by atoms with E-state index >= 15 is 0 Å². The molecule has 7 nitrogen and oxygen atoms in total. The number of hydrogen-bond acceptors (Lipinski definition) is 5. The van der Waals surface area contributed by atoms with Gasteiger partial charge in [0.2, 0.25) is 0 Å². The highest BCUT2D eigenvalue weighted by atomic mass is 32.1. The molecule has 2 aromatic carbocycles. The summed E-state index contributed by atoms with van der Waals surface area (Å²) >= 11 is 1.25. The van der Waals surface area contributed by atoms with Crippen LogP contribution in [0.3, 0.4) is 0 Å². The highest BCUT2D eigenvalue weighted by molar-refractivity contribution is 7.14. The first-order chi connectivity index (χ1) is 15.2. The molecule has 8 heteroatoms. The number of piperazine rings is 1. The summed E-state index contributed by atoms with van der Waals surface area (Å²) in [6.45, 7) is 4.07. The van der Waals surface area contributed by atoms with E-state index in [2.05, 4.69) is 44.8 Å². The van der Waals surface area contributed by atoms with E-state index < -0.39 is 0 Å². The first-order valence-corrected chi connectivity index (χ1v) is 11.2. The number of thiazole rings is 1. The van der Waals surface area contributed by atoms with Gasteiger partial charge in [-0.05, 0) is 24.1 Å². The fraction of sp³-hybridized carbons (Fsp3) is 0.261. The van der Waals surface area contributed by atoms with Gasteiger partial charge in [-0.25, -0.2) is 9.78 Å². The molecule has 0 bridgehead atoms. The fourth-order valence-corrected chi connectivity index (χ4v) is 4.16. The van der Waals surface area contributed by atoms with Crippen LogP contribution in [0.2, 0.25) is 0 Å². The third kappa shape index (κ3) is 5.90. The summed E-state index contributed by atoms with van der Waals surface area (Å²) < 4.78 is 0. The Labute approximate surface area is 185 Å². The molecule has 0 atom stereocenters. The van der Waals surface area contributed by atoms with Crippen LogP contribution in [-0.4, -0.2) is 59.4 Å². The number of urea groups is 1. The minimum absolute atomic E-state index is 0.0875. The lowest BCUT2D eigenvalue weighted by Gasteiger charge is -2.34. The number of anilines is 2. The number of carbonyl (C=O) groups is 2. The fourth-order valence-electron chi connectivity index (χ4n) is 3.48. The number of nitrogens with zero attached hydrogens (tertiary/aromatic N) is 3. The number of carbonyl (C=O) groups excluding carboxylic acids is 2. The molecule has 1 saturated heterocycles. The second kappa shape index (κ2) is 10.2. The first kappa shape index (κ1) is 21.0. The van der Waals surface area contributed by atoms with E-state index in [0.29, 0.717) is 29.6 Å². The minimum Gasteiger partial charge on any atom is -0.335 e. The second-order valence-electron chi connectivity index (χ2n) is 7.35. The third-order valence-electron chi connectivity index (χ3n) is 5.19. The molecule has 1 aromatic heterocycles. The van der Waals surface area contributed by atoms with E-state index in [9.17, 15) is 9.59 Å². The topological polar surface area (TPSA) is 77.6 Å². The molecular weight excluding hydrogens is 410 g/mol. The van der Waals surface area contributed by atoms with E-state index in [1.54, 1.807) is 17.5 Å². The molecule has 1 aliphatic heterocycles. The molecule has 0 saturated carbocycles. The van der Waals surface area contributed by atoms with E-state index in [-0.39, 0.29) is 11.9 Å². The molecule has 4 rings (SSSR count). The molecule has 3 amide bonds. The van der Waals surface area contributed by atoms with Crippen molar-refractivity contribution < 1.29 is 9.59 Å². The van der Waals surface area contributed by atoms with Gasteiger partial charge in [-0.15, -0.1) is 11.3 Å². The van der Waals surface area contributed by atoms with Crippen molar-refractivity contribution in [2.45, 2.75) is 6.42 Å². The Morgan fingerprint density at radius 1 is 0.903 bits per heavy atom. The Bertz CT molecular complexity index is 1000. The maximum atomic E-state index is 12.8. The summed E-state index contributed by atoms with van der Waals surface area (Å²) in [6, 6.07) is 19.2. The SMILES string of the molecule is O=C(Nc1ccccc1)Nc1nc(C(=O)N2CCN(CCc3ccccc3)CC2)cs1. The molecule has 0 unspecified atom stereocenters. The predicted molar refractivity (Wildman–Crippen MR) is 124 cm³/mol. The Kier molecular flexibility index (Phi) is 6.91. The van der Waals surface area contributed by atoms with Crippen molar-refractivity contribution in [1.29, 1.82) is 0 Å². The highest BCUT2D eigenvalue weighted by Gasteiger charge is 2.24. The van der Waals surface area contributed by atoms with Crippen LogP contribution in [0.4, 0.5) is 15.6 Å². The number of amides is 3. The molecular formula is C23H25N5O2S. The highest BCUT2D eigenvalue weighted by Crippen LogP contribution is 2.18. The summed E-state index contributed by atoms with van der Waals surface area (Å²) in [6.07, 6.45) is 1.01. The van der Waals surface area contributed by atoms with Crippen molar-refractivity contribution in [2.24, 2.45) is 0 Å². The number of para-hydroxylation sites is 1. The van der Waals surface area contributed by atoms with Gasteiger partial charge in [0.05, 0.1) is 0 Å². The average molecular weight is 436 g/mol. The molecule has 1 aliphatic rings. The van der Waals surface area contributed by atoms with Crippen molar-refractivity contribution in [1.82, 2.24) is 14.8 Å². The van der Waals surface area contributed by atoms with E-state index in [0.717, 1.165) is 26.1 Å². The molecule has 0 spiro atoms. The quantitative estimate of drug-likeness (QED) is 0.618. The largest absolute Gasteiger partial charge is 0.335 e. The zero-order chi connectivity index (χ0) is 21.5. The monoisotopic (exact) mass is 435 g/mol. The van der Waals surface area contributed by atoms with Crippen LogP contribution in [0.1, 0.15) is 16.1 Å². The maximum absolute atomic E-state index is 12.8. The van der Waals surface area contributed by atoms with Gasteiger partial charge in [0.15, 0.2) is 5.13 Å². The standard InChI is InChI=1S/C23H25N5O2S/c29-21(28-15-13-27(14-16-28)12-11-18-7-3-1-4-8-18)20-17-31-23(25-20)26-22(30)24-19-9-5-2-6-10-19/h1-10,17H,11-16H2,(H2,24,25,26,30). The maximum Gasteiger partial charge on any atom is 0.325 e. The Morgan fingerprint density at radius 2 is 1.58 bits per heavy atom. The minimum atomic E-state index is -0.383. The van der Waals surface area contributed by atoms with Crippen LogP contribution in [0.25, 0.3) is 0 Å². The van der Waals surface area contributed by atoms with Crippen LogP contribution in [0, 0.1) is 0 Å². The predicted octanol–water partition coefficient (Wildman–Crippen LogP) is 3.79. The third-order valence-corrected chi connectivity index (χ3v) is 5.95. The normalized spacial score (nSPS) is 14.3. The Hall–Kier alpha value is -3.23. The molecule has 3 aromatic rings. The summed E-state index contributed by atoms with van der Waals surface area (Å²) in [4.78, 5) is 33.4. The lowest BCUT2D eigenvalue weighted by molar-refractivity contribution is 0.0633. The summed E-state index contributed by atoms with van der Waals surface area (Å²) in [5.41, 5.74) is 2.40. The molecule has 0 aliphatic carbocycles. The average Bonchev–Trinajstić information content (AvgIpc) is 3.27. The number of aromatic nitrogens is 1. The van der Waals surface area contributed by atoms with Crippen molar-refractivity contribution in [3.05, 3.63) is 77.3 Å². The van der Waals surface area contributed by atoms with Gasteiger partial charge in [-0.3, -0.25) is 15.0 Å². The number of nitrogens with one attached hydrogen (secondary N) is 2. The van der Waals surface area contributed by atoms with Crippen LogP contribution >= 0.6 is 11.3 Å². The number of hydrogen-bond donors (Lipinski definition) is 2. The van der Waals surface area contributed by atoms with Crippen LogP contribution < -0.4 is 10.6 Å². The van der Waals surface area contributed by atoms with Crippen molar-refractivity contribution in [3.8, 4) is 0 Å². The lowest BCUT2D eigenvalue weighted by Crippen LogP contribution is -2.49. The van der Waals surface area contributed by atoms with Gasteiger partial charge in [-0.2, -0.15) is 0 Å².